The second-order valence-electron chi connectivity index (χ2n) is 8.75. The van der Waals surface area contributed by atoms with E-state index in [0.717, 1.165) is 54.6 Å². The molecule has 1 aliphatic heterocycles. The molecule has 5 nitrogen and oxygen atoms in total. The molecule has 2 aromatic heterocycles. The lowest BCUT2D eigenvalue weighted by atomic mass is 9.90. The number of halogens is 1. The van der Waals surface area contributed by atoms with Gasteiger partial charge in [-0.3, -0.25) is 0 Å². The summed E-state index contributed by atoms with van der Waals surface area (Å²) in [7, 11) is 0. The quantitative estimate of drug-likeness (QED) is 0.370. The minimum atomic E-state index is -0.271. The van der Waals surface area contributed by atoms with Crippen LogP contribution in [0.25, 0.3) is 27.8 Å². The molecule has 0 saturated carbocycles. The average Bonchev–Trinajstić information content (AvgIpc) is 3.29. The molecule has 5 aromatic rings. The molecule has 33 heavy (non-hydrogen) atoms. The maximum atomic E-state index is 13.5. The van der Waals surface area contributed by atoms with Gasteiger partial charge in [0.2, 0.25) is 0 Å². The molecule has 164 valence electrons. The van der Waals surface area contributed by atoms with Crippen molar-refractivity contribution >= 4 is 22.4 Å². The number of anilines is 1. The summed E-state index contributed by atoms with van der Waals surface area (Å²) in [6.45, 7) is 1.94. The van der Waals surface area contributed by atoms with Crippen molar-refractivity contribution < 1.29 is 4.39 Å². The highest BCUT2D eigenvalue weighted by molar-refractivity contribution is 5.93. The summed E-state index contributed by atoms with van der Waals surface area (Å²) in [5, 5.41) is 9.85. The smallest absolute Gasteiger partial charge is 0.186 e. The minimum absolute atomic E-state index is 0.271. The molecular formula is C27H24FN5. The standard InChI is InChI=1S/C27H24FN5/c28-22-12-10-21(11-13-22)25-27-29-26(23-8-4-5-9-24(23)33(27)31-30-25)32-16-14-20(15-17-32)18-19-6-2-1-3-7-19/h1-13,20H,14-18H2. The predicted octanol–water partition coefficient (Wildman–Crippen LogP) is 5.54. The van der Waals surface area contributed by atoms with Gasteiger partial charge in [0, 0.05) is 24.0 Å². The van der Waals surface area contributed by atoms with E-state index in [-0.39, 0.29) is 5.82 Å². The Kier molecular flexibility index (Phi) is 4.98. The van der Waals surface area contributed by atoms with E-state index < -0.39 is 0 Å². The fourth-order valence-electron chi connectivity index (χ4n) is 4.88. The zero-order chi connectivity index (χ0) is 22.2. The Balaban J connectivity index is 1.35. The van der Waals surface area contributed by atoms with E-state index in [9.17, 15) is 4.39 Å². The summed E-state index contributed by atoms with van der Waals surface area (Å²) in [6.07, 6.45) is 3.40. The first-order valence-electron chi connectivity index (χ1n) is 11.5. The zero-order valence-electron chi connectivity index (χ0n) is 18.2. The maximum Gasteiger partial charge on any atom is 0.186 e. The van der Waals surface area contributed by atoms with Gasteiger partial charge < -0.3 is 4.90 Å². The second kappa shape index (κ2) is 8.28. The van der Waals surface area contributed by atoms with E-state index in [1.165, 1.54) is 17.7 Å². The number of para-hydroxylation sites is 1. The highest BCUT2D eigenvalue weighted by Gasteiger charge is 2.24. The first-order chi connectivity index (χ1) is 16.3. The molecule has 0 N–H and O–H groups in total. The van der Waals surface area contributed by atoms with Gasteiger partial charge in [-0.2, -0.15) is 4.52 Å². The normalized spacial score (nSPS) is 14.9. The SMILES string of the molecule is Fc1ccc(-c2nnn3c2nc(N2CCC(Cc4ccccc4)CC2)c2ccccc23)cc1. The van der Waals surface area contributed by atoms with E-state index in [0.29, 0.717) is 17.3 Å². The molecule has 0 radical (unpaired) electrons. The minimum Gasteiger partial charge on any atom is -0.356 e. The maximum absolute atomic E-state index is 13.5. The van der Waals surface area contributed by atoms with E-state index in [1.54, 1.807) is 16.6 Å². The van der Waals surface area contributed by atoms with E-state index in [2.05, 4.69) is 57.7 Å². The van der Waals surface area contributed by atoms with Crippen LogP contribution in [0.4, 0.5) is 10.2 Å². The molecule has 0 amide bonds. The van der Waals surface area contributed by atoms with Crippen LogP contribution >= 0.6 is 0 Å². The van der Waals surface area contributed by atoms with Gasteiger partial charge in [-0.1, -0.05) is 47.7 Å². The summed E-state index contributed by atoms with van der Waals surface area (Å²) in [4.78, 5) is 7.46. The Labute approximate surface area is 191 Å². The molecule has 6 rings (SSSR count). The molecule has 1 aliphatic rings. The lowest BCUT2D eigenvalue weighted by Crippen LogP contribution is -2.35. The van der Waals surface area contributed by atoms with Gasteiger partial charge in [0.05, 0.1) is 5.52 Å². The Bertz CT molecular complexity index is 1400. The van der Waals surface area contributed by atoms with Crippen LogP contribution in [-0.4, -0.2) is 32.9 Å². The van der Waals surface area contributed by atoms with Crippen molar-refractivity contribution in [1.29, 1.82) is 0 Å². The van der Waals surface area contributed by atoms with Crippen molar-refractivity contribution in [2.45, 2.75) is 19.3 Å². The summed E-state index contributed by atoms with van der Waals surface area (Å²) >= 11 is 0. The van der Waals surface area contributed by atoms with Crippen LogP contribution in [0.2, 0.25) is 0 Å². The summed E-state index contributed by atoms with van der Waals surface area (Å²) in [6, 6.07) is 25.3. The molecule has 0 aliphatic carbocycles. The molecule has 0 atom stereocenters. The molecule has 6 heteroatoms. The number of hydrogen-bond donors (Lipinski definition) is 0. The average molecular weight is 438 g/mol. The first kappa shape index (κ1) is 19.9. The third kappa shape index (κ3) is 3.71. The molecule has 3 heterocycles. The van der Waals surface area contributed by atoms with Gasteiger partial charge in [0.15, 0.2) is 5.65 Å². The third-order valence-electron chi connectivity index (χ3n) is 6.63. The Morgan fingerprint density at radius 2 is 1.58 bits per heavy atom. The molecule has 1 fully saturated rings. The van der Waals surface area contributed by atoms with Gasteiger partial charge in [-0.25, -0.2) is 9.37 Å². The lowest BCUT2D eigenvalue weighted by Gasteiger charge is -2.33. The van der Waals surface area contributed by atoms with E-state index >= 15 is 0 Å². The van der Waals surface area contributed by atoms with Crippen LogP contribution in [0.5, 0.6) is 0 Å². The molecule has 0 bridgehead atoms. The number of nitrogens with zero attached hydrogens (tertiary/aromatic N) is 5. The van der Waals surface area contributed by atoms with Crippen LogP contribution in [0.3, 0.4) is 0 Å². The van der Waals surface area contributed by atoms with Crippen molar-refractivity contribution in [3.63, 3.8) is 0 Å². The number of aromatic nitrogens is 4. The predicted molar refractivity (Wildman–Crippen MR) is 129 cm³/mol. The van der Waals surface area contributed by atoms with Crippen LogP contribution in [-0.2, 0) is 6.42 Å². The van der Waals surface area contributed by atoms with Crippen LogP contribution < -0.4 is 4.90 Å². The number of rotatable bonds is 4. The fraction of sp³-hybridized carbons (Fsp3) is 0.222. The molecule has 1 saturated heterocycles. The van der Waals surface area contributed by atoms with Gasteiger partial charge in [0.25, 0.3) is 0 Å². The van der Waals surface area contributed by atoms with Gasteiger partial charge in [-0.05, 0) is 67.1 Å². The number of fused-ring (bicyclic) bond motifs is 3. The Morgan fingerprint density at radius 1 is 0.848 bits per heavy atom. The van der Waals surface area contributed by atoms with Gasteiger partial charge >= 0.3 is 0 Å². The monoisotopic (exact) mass is 437 g/mol. The van der Waals surface area contributed by atoms with Crippen molar-refractivity contribution in [3.05, 3.63) is 90.2 Å². The zero-order valence-corrected chi connectivity index (χ0v) is 18.2. The number of piperidine rings is 1. The highest BCUT2D eigenvalue weighted by atomic mass is 19.1. The lowest BCUT2D eigenvalue weighted by molar-refractivity contribution is 0.403. The van der Waals surface area contributed by atoms with Crippen LogP contribution in [0.15, 0.2) is 78.9 Å². The fourth-order valence-corrected chi connectivity index (χ4v) is 4.88. The first-order valence-corrected chi connectivity index (χ1v) is 11.5. The van der Waals surface area contributed by atoms with Gasteiger partial charge in [-0.15, -0.1) is 5.10 Å². The number of hydrogen-bond acceptors (Lipinski definition) is 4. The van der Waals surface area contributed by atoms with Crippen LogP contribution in [0.1, 0.15) is 18.4 Å². The summed E-state index contributed by atoms with van der Waals surface area (Å²) < 4.78 is 15.3. The second-order valence-corrected chi connectivity index (χ2v) is 8.75. The van der Waals surface area contributed by atoms with E-state index in [1.807, 2.05) is 12.1 Å². The van der Waals surface area contributed by atoms with Crippen molar-refractivity contribution in [2.75, 3.05) is 18.0 Å². The summed E-state index contributed by atoms with van der Waals surface area (Å²) in [5.74, 6) is 1.39. The molecule has 0 spiro atoms. The molecule has 3 aromatic carbocycles. The molecular weight excluding hydrogens is 413 g/mol. The third-order valence-corrected chi connectivity index (χ3v) is 6.63. The van der Waals surface area contributed by atoms with Crippen molar-refractivity contribution in [3.8, 4) is 11.3 Å². The van der Waals surface area contributed by atoms with Crippen LogP contribution in [0, 0.1) is 11.7 Å². The Hall–Kier alpha value is -3.80. The molecule has 0 unspecified atom stereocenters. The summed E-state index contributed by atoms with van der Waals surface area (Å²) in [5.41, 5.74) is 4.56. The highest BCUT2D eigenvalue weighted by Crippen LogP contribution is 2.32. The topological polar surface area (TPSA) is 46.3 Å². The number of benzene rings is 3. The Morgan fingerprint density at radius 3 is 2.36 bits per heavy atom. The van der Waals surface area contributed by atoms with E-state index in [4.69, 9.17) is 4.98 Å². The van der Waals surface area contributed by atoms with Gasteiger partial charge in [0.1, 0.15) is 17.3 Å². The largest absolute Gasteiger partial charge is 0.356 e. The van der Waals surface area contributed by atoms with Crippen molar-refractivity contribution in [1.82, 2.24) is 19.8 Å². The van der Waals surface area contributed by atoms with Crippen molar-refractivity contribution in [2.24, 2.45) is 5.92 Å².